The molecule has 0 bridgehead atoms. The molecule has 8 nitrogen and oxygen atoms in total. The van der Waals surface area contributed by atoms with Crippen molar-refractivity contribution < 1.29 is 0 Å². The van der Waals surface area contributed by atoms with Crippen molar-refractivity contribution >= 4 is 23.5 Å². The van der Waals surface area contributed by atoms with Gasteiger partial charge in [-0.3, -0.25) is 0 Å². The van der Waals surface area contributed by atoms with Gasteiger partial charge in [-0.2, -0.15) is 14.9 Å². The molecule has 0 unspecified atom stereocenters. The highest BCUT2D eigenvalue weighted by molar-refractivity contribution is 5.80. The van der Waals surface area contributed by atoms with E-state index in [1.54, 1.807) is 6.21 Å². The van der Waals surface area contributed by atoms with E-state index in [1.807, 2.05) is 12.1 Å². The summed E-state index contributed by atoms with van der Waals surface area (Å²) in [6.07, 6.45) is 3.29. The Hall–Kier alpha value is -3.55. The van der Waals surface area contributed by atoms with E-state index in [-0.39, 0.29) is 0 Å². The Labute approximate surface area is 190 Å². The minimum atomic E-state index is 0.348. The Morgan fingerprint density at radius 1 is 0.812 bits per heavy atom. The molecule has 3 rings (SSSR count). The highest BCUT2D eigenvalue weighted by Crippen LogP contribution is 2.17. The second-order valence-electron chi connectivity index (χ2n) is 7.22. The molecule has 0 aliphatic carbocycles. The largest absolute Gasteiger partial charge is 0.372 e. The Bertz CT molecular complexity index is 997. The van der Waals surface area contributed by atoms with Gasteiger partial charge in [-0.15, -0.1) is 15.3 Å². The van der Waals surface area contributed by atoms with E-state index in [2.05, 4.69) is 99.4 Å². The zero-order chi connectivity index (χ0) is 22.8. The van der Waals surface area contributed by atoms with Crippen LogP contribution in [-0.4, -0.2) is 47.3 Å². The SMILES string of the molecule is CCN(CC)c1ccc(C=Nn2cnnc2N=NCc2ccc(N(CC)CC)cc2)cc1. The van der Waals surface area contributed by atoms with Gasteiger partial charge in [-0.25, -0.2) is 0 Å². The lowest BCUT2D eigenvalue weighted by atomic mass is 10.2. The third-order valence-corrected chi connectivity index (χ3v) is 5.34. The summed E-state index contributed by atoms with van der Waals surface area (Å²) in [5, 5.41) is 20.8. The van der Waals surface area contributed by atoms with Crippen molar-refractivity contribution in [3.05, 3.63) is 66.0 Å². The van der Waals surface area contributed by atoms with Crippen molar-refractivity contribution in [3.8, 4) is 0 Å². The summed E-state index contributed by atoms with van der Waals surface area (Å²) in [4.78, 5) is 4.61. The van der Waals surface area contributed by atoms with Gasteiger partial charge in [0.25, 0.3) is 5.95 Å². The average molecular weight is 433 g/mol. The smallest absolute Gasteiger partial charge is 0.290 e. The van der Waals surface area contributed by atoms with Crippen LogP contribution in [0, 0.1) is 0 Å². The minimum Gasteiger partial charge on any atom is -0.372 e. The van der Waals surface area contributed by atoms with E-state index in [9.17, 15) is 0 Å². The topological polar surface area (TPSA) is 74.3 Å². The van der Waals surface area contributed by atoms with Crippen LogP contribution in [0.2, 0.25) is 0 Å². The Morgan fingerprint density at radius 3 is 1.94 bits per heavy atom. The minimum absolute atomic E-state index is 0.348. The molecule has 0 atom stereocenters. The molecule has 1 heterocycles. The summed E-state index contributed by atoms with van der Waals surface area (Å²) >= 11 is 0. The predicted molar refractivity (Wildman–Crippen MR) is 131 cm³/mol. The number of azo groups is 1. The summed E-state index contributed by atoms with van der Waals surface area (Å²) in [5.74, 6) is 0.348. The predicted octanol–water partition coefficient (Wildman–Crippen LogP) is 5.14. The molecule has 0 radical (unpaired) electrons. The maximum absolute atomic E-state index is 4.42. The number of aromatic nitrogens is 3. The first-order valence-corrected chi connectivity index (χ1v) is 11.2. The van der Waals surface area contributed by atoms with Gasteiger partial charge in [-0.05, 0) is 63.1 Å². The van der Waals surface area contributed by atoms with Crippen LogP contribution in [0.4, 0.5) is 17.3 Å². The highest BCUT2D eigenvalue weighted by Gasteiger charge is 2.04. The number of hydrogen-bond acceptors (Lipinski definition) is 7. The fourth-order valence-electron chi connectivity index (χ4n) is 3.44. The van der Waals surface area contributed by atoms with Crippen LogP contribution >= 0.6 is 0 Å². The van der Waals surface area contributed by atoms with Gasteiger partial charge in [0, 0.05) is 37.6 Å². The van der Waals surface area contributed by atoms with Crippen LogP contribution in [0.1, 0.15) is 38.8 Å². The molecule has 0 saturated heterocycles. The fraction of sp³-hybridized carbons (Fsp3) is 0.375. The van der Waals surface area contributed by atoms with Crippen molar-refractivity contribution in [1.82, 2.24) is 14.9 Å². The van der Waals surface area contributed by atoms with E-state index < -0.39 is 0 Å². The van der Waals surface area contributed by atoms with Crippen LogP contribution in [0.5, 0.6) is 0 Å². The first-order valence-electron chi connectivity index (χ1n) is 11.2. The van der Waals surface area contributed by atoms with Crippen LogP contribution in [0.3, 0.4) is 0 Å². The maximum Gasteiger partial charge on any atom is 0.290 e. The molecule has 0 aliphatic heterocycles. The summed E-state index contributed by atoms with van der Waals surface area (Å²) in [7, 11) is 0. The lowest BCUT2D eigenvalue weighted by Crippen LogP contribution is -2.21. The van der Waals surface area contributed by atoms with Crippen LogP contribution in [0.25, 0.3) is 0 Å². The monoisotopic (exact) mass is 432 g/mol. The number of rotatable bonds is 11. The van der Waals surface area contributed by atoms with Gasteiger partial charge in [0.1, 0.15) is 6.33 Å². The Kier molecular flexibility index (Phi) is 8.48. The zero-order valence-corrected chi connectivity index (χ0v) is 19.4. The molecule has 2 aromatic carbocycles. The molecular weight excluding hydrogens is 400 g/mol. The van der Waals surface area contributed by atoms with E-state index in [1.165, 1.54) is 22.4 Å². The van der Waals surface area contributed by atoms with Gasteiger partial charge in [0.2, 0.25) is 0 Å². The van der Waals surface area contributed by atoms with E-state index in [0.29, 0.717) is 12.5 Å². The molecule has 3 aromatic rings. The number of benzene rings is 2. The van der Waals surface area contributed by atoms with Gasteiger partial charge < -0.3 is 9.80 Å². The van der Waals surface area contributed by atoms with Crippen molar-refractivity contribution in [1.29, 1.82) is 0 Å². The molecule has 0 N–H and O–H groups in total. The van der Waals surface area contributed by atoms with Crippen LogP contribution < -0.4 is 9.80 Å². The van der Waals surface area contributed by atoms with E-state index >= 15 is 0 Å². The molecule has 8 heteroatoms. The molecule has 0 fully saturated rings. The number of hydrogen-bond donors (Lipinski definition) is 0. The second-order valence-corrected chi connectivity index (χ2v) is 7.22. The summed E-state index contributed by atoms with van der Waals surface area (Å²) < 4.78 is 1.52. The maximum atomic E-state index is 4.42. The third-order valence-electron chi connectivity index (χ3n) is 5.34. The molecule has 0 aliphatic rings. The standard InChI is InChI=1S/C24H32N8/c1-5-30(6-2)22-13-9-20(10-14-22)17-25-28-24-29-26-19-32(24)27-18-21-11-15-23(16-12-21)31(7-3)8-4/h9-16,18-19H,5-8,17H2,1-4H3. The van der Waals surface area contributed by atoms with Crippen molar-refractivity contribution in [2.75, 3.05) is 36.0 Å². The first-order chi connectivity index (χ1) is 15.7. The molecule has 1 aromatic heterocycles. The molecule has 0 spiro atoms. The third kappa shape index (κ3) is 6.00. The van der Waals surface area contributed by atoms with Gasteiger partial charge in [-0.1, -0.05) is 24.3 Å². The van der Waals surface area contributed by atoms with Gasteiger partial charge >= 0.3 is 0 Å². The van der Waals surface area contributed by atoms with Gasteiger partial charge in [0.15, 0.2) is 0 Å². The van der Waals surface area contributed by atoms with Crippen LogP contribution in [0.15, 0.2) is 70.2 Å². The molecule has 0 saturated carbocycles. The van der Waals surface area contributed by atoms with Crippen molar-refractivity contribution in [2.24, 2.45) is 15.3 Å². The number of nitrogens with zero attached hydrogens (tertiary/aromatic N) is 8. The lowest BCUT2D eigenvalue weighted by Gasteiger charge is -2.20. The number of anilines is 2. The molecular formula is C24H32N8. The van der Waals surface area contributed by atoms with Crippen LogP contribution in [-0.2, 0) is 6.54 Å². The highest BCUT2D eigenvalue weighted by atomic mass is 15.5. The first kappa shape index (κ1) is 23.1. The molecule has 32 heavy (non-hydrogen) atoms. The Morgan fingerprint density at radius 2 is 1.38 bits per heavy atom. The summed E-state index contributed by atoms with van der Waals surface area (Å²) in [5.41, 5.74) is 4.50. The summed E-state index contributed by atoms with van der Waals surface area (Å²) in [6.45, 7) is 13.1. The normalized spacial score (nSPS) is 11.5. The summed E-state index contributed by atoms with van der Waals surface area (Å²) in [6, 6.07) is 16.7. The van der Waals surface area contributed by atoms with E-state index in [0.717, 1.165) is 37.3 Å². The average Bonchev–Trinajstić information content (AvgIpc) is 3.28. The quantitative estimate of drug-likeness (QED) is 0.311. The fourth-order valence-corrected chi connectivity index (χ4v) is 3.44. The van der Waals surface area contributed by atoms with Crippen molar-refractivity contribution in [2.45, 2.75) is 34.2 Å². The second kappa shape index (κ2) is 11.7. The zero-order valence-electron chi connectivity index (χ0n) is 19.4. The molecule has 0 amide bonds. The van der Waals surface area contributed by atoms with E-state index in [4.69, 9.17) is 0 Å². The Balaban J connectivity index is 1.61. The lowest BCUT2D eigenvalue weighted by molar-refractivity contribution is 0.839. The molecule has 168 valence electrons. The van der Waals surface area contributed by atoms with Crippen molar-refractivity contribution in [3.63, 3.8) is 0 Å². The van der Waals surface area contributed by atoms with Gasteiger partial charge in [0.05, 0.1) is 12.8 Å².